The average molecular weight is 277 g/mol. The maximum absolute atomic E-state index is 12.2. The van der Waals surface area contributed by atoms with Crippen molar-refractivity contribution in [2.75, 3.05) is 0 Å². The summed E-state index contributed by atoms with van der Waals surface area (Å²) in [7, 11) is 0. The van der Waals surface area contributed by atoms with Crippen molar-refractivity contribution >= 4 is 11.9 Å². The third-order valence-corrected chi connectivity index (χ3v) is 5.45. The Bertz CT molecular complexity index is 520. The number of nitriles is 1. The van der Waals surface area contributed by atoms with Crippen LogP contribution in [0.25, 0.3) is 0 Å². The van der Waals surface area contributed by atoms with Crippen LogP contribution >= 0.6 is 0 Å². The first-order valence-corrected chi connectivity index (χ1v) is 7.18. The van der Waals surface area contributed by atoms with E-state index in [2.05, 4.69) is 6.07 Å². The van der Waals surface area contributed by atoms with Crippen LogP contribution in [-0.2, 0) is 19.1 Å². The Labute approximate surface area is 118 Å². The van der Waals surface area contributed by atoms with E-state index in [-0.39, 0.29) is 23.8 Å². The molecule has 1 heterocycles. The largest absolute Gasteiger partial charge is 0.458 e. The van der Waals surface area contributed by atoms with E-state index in [1.54, 1.807) is 0 Å². The van der Waals surface area contributed by atoms with Gasteiger partial charge in [0.1, 0.15) is 11.5 Å². The lowest BCUT2D eigenvalue weighted by atomic mass is 9.75. The van der Waals surface area contributed by atoms with Crippen LogP contribution in [0.15, 0.2) is 0 Å². The normalized spacial score (nSPS) is 41.4. The summed E-state index contributed by atoms with van der Waals surface area (Å²) in [6.07, 6.45) is 0.873. The zero-order valence-corrected chi connectivity index (χ0v) is 12.0. The molecule has 1 saturated heterocycles. The van der Waals surface area contributed by atoms with Crippen LogP contribution in [0, 0.1) is 34.0 Å². The lowest BCUT2D eigenvalue weighted by molar-refractivity contribution is -0.171. The molecule has 0 N–H and O–H groups in total. The van der Waals surface area contributed by atoms with Gasteiger partial charge in [-0.25, -0.2) is 0 Å². The van der Waals surface area contributed by atoms with Crippen LogP contribution in [0.1, 0.15) is 40.0 Å². The number of carbonyl (C=O) groups excluding carboxylic acids is 2. The molecule has 3 rings (SSSR count). The topological polar surface area (TPSA) is 76.4 Å². The van der Waals surface area contributed by atoms with Gasteiger partial charge < -0.3 is 9.47 Å². The Hall–Kier alpha value is -1.57. The molecule has 0 aromatic heterocycles. The first-order chi connectivity index (χ1) is 9.35. The van der Waals surface area contributed by atoms with Crippen molar-refractivity contribution in [1.29, 1.82) is 5.26 Å². The number of esters is 2. The smallest absolute Gasteiger partial charge is 0.311 e. The summed E-state index contributed by atoms with van der Waals surface area (Å²) in [5.74, 6) is -0.818. The van der Waals surface area contributed by atoms with Gasteiger partial charge in [-0.05, 0) is 33.1 Å². The zero-order valence-electron chi connectivity index (χ0n) is 12.0. The van der Waals surface area contributed by atoms with Crippen molar-refractivity contribution in [2.45, 2.75) is 52.2 Å². The number of carbonyl (C=O) groups is 2. The van der Waals surface area contributed by atoms with Crippen LogP contribution in [0.5, 0.6) is 0 Å². The maximum Gasteiger partial charge on any atom is 0.311 e. The standard InChI is InChI=1S/C15H19NO4/c1-4-14(2,3)13(18)19-10-8-5-9-12(17)20-11(10)15(9,6-8)7-16/h8-11H,4-6H2,1-3H3. The van der Waals surface area contributed by atoms with Gasteiger partial charge in [-0.2, -0.15) is 5.26 Å². The second-order valence-electron chi connectivity index (χ2n) is 6.87. The summed E-state index contributed by atoms with van der Waals surface area (Å²) in [5.41, 5.74) is -1.31. The Balaban J connectivity index is 1.83. The molecule has 2 saturated carbocycles. The summed E-state index contributed by atoms with van der Waals surface area (Å²) in [6.45, 7) is 5.61. The monoisotopic (exact) mass is 277 g/mol. The first kappa shape index (κ1) is 13.4. The quantitative estimate of drug-likeness (QED) is 0.735. The van der Waals surface area contributed by atoms with Crippen LogP contribution in [-0.4, -0.2) is 24.1 Å². The third kappa shape index (κ3) is 1.48. The van der Waals surface area contributed by atoms with Gasteiger partial charge in [0.15, 0.2) is 6.10 Å². The molecule has 108 valence electrons. The summed E-state index contributed by atoms with van der Waals surface area (Å²) in [4.78, 5) is 24.1. The van der Waals surface area contributed by atoms with Crippen LogP contribution in [0.2, 0.25) is 0 Å². The maximum atomic E-state index is 12.2. The Morgan fingerprint density at radius 3 is 2.90 bits per heavy atom. The highest BCUT2D eigenvalue weighted by atomic mass is 16.6. The number of hydrogen-bond acceptors (Lipinski definition) is 5. The highest BCUT2D eigenvalue weighted by Crippen LogP contribution is 2.63. The Kier molecular flexibility index (Phi) is 2.66. The van der Waals surface area contributed by atoms with E-state index in [4.69, 9.17) is 9.47 Å². The lowest BCUT2D eigenvalue weighted by Crippen LogP contribution is -2.43. The summed E-state index contributed by atoms with van der Waals surface area (Å²) < 4.78 is 11.0. The zero-order chi connectivity index (χ0) is 14.7. The Morgan fingerprint density at radius 2 is 2.30 bits per heavy atom. The van der Waals surface area contributed by atoms with Gasteiger partial charge >= 0.3 is 11.9 Å². The summed E-state index contributed by atoms with van der Waals surface area (Å²) in [6, 6.07) is 2.28. The lowest BCUT2D eigenvalue weighted by Gasteiger charge is -2.31. The van der Waals surface area contributed by atoms with Gasteiger partial charge in [-0.1, -0.05) is 6.92 Å². The van der Waals surface area contributed by atoms with E-state index >= 15 is 0 Å². The number of fused-ring (bicyclic) bond motifs is 1. The van der Waals surface area contributed by atoms with Crippen molar-refractivity contribution < 1.29 is 19.1 Å². The van der Waals surface area contributed by atoms with Crippen molar-refractivity contribution in [1.82, 2.24) is 0 Å². The summed E-state index contributed by atoms with van der Waals surface area (Å²) >= 11 is 0. The van der Waals surface area contributed by atoms with Crippen molar-refractivity contribution in [3.63, 3.8) is 0 Å². The average Bonchev–Trinajstić information content (AvgIpc) is 2.98. The Morgan fingerprint density at radius 1 is 1.60 bits per heavy atom. The number of rotatable bonds is 3. The van der Waals surface area contributed by atoms with E-state index in [9.17, 15) is 14.9 Å². The SMILES string of the molecule is CCC(C)(C)C(=O)OC1C2CC3C(=O)OC1C3(C#N)C2. The minimum Gasteiger partial charge on any atom is -0.458 e. The van der Waals surface area contributed by atoms with Crippen molar-refractivity contribution in [3.05, 3.63) is 0 Å². The minimum atomic E-state index is -0.761. The predicted molar refractivity (Wildman–Crippen MR) is 68.1 cm³/mol. The predicted octanol–water partition coefficient (Wildman–Crippen LogP) is 1.81. The van der Waals surface area contributed by atoms with Crippen LogP contribution < -0.4 is 0 Å². The number of ether oxygens (including phenoxy) is 2. The molecule has 5 nitrogen and oxygen atoms in total. The van der Waals surface area contributed by atoms with E-state index in [0.717, 1.165) is 0 Å². The third-order valence-electron chi connectivity index (χ3n) is 5.45. The highest BCUT2D eigenvalue weighted by Gasteiger charge is 2.73. The van der Waals surface area contributed by atoms with Gasteiger partial charge in [0.25, 0.3) is 0 Å². The molecule has 0 aromatic rings. The first-order valence-electron chi connectivity index (χ1n) is 7.18. The van der Waals surface area contributed by atoms with Gasteiger partial charge in [0.2, 0.25) is 0 Å². The van der Waals surface area contributed by atoms with Gasteiger partial charge in [0, 0.05) is 5.92 Å². The molecule has 5 unspecified atom stereocenters. The molecular weight excluding hydrogens is 258 g/mol. The van der Waals surface area contributed by atoms with Gasteiger partial charge in [-0.3, -0.25) is 9.59 Å². The molecule has 5 atom stereocenters. The molecule has 3 aliphatic rings. The molecule has 0 radical (unpaired) electrons. The molecular formula is C15H19NO4. The minimum absolute atomic E-state index is 0.0766. The molecule has 3 fully saturated rings. The molecule has 1 aliphatic heterocycles. The molecule has 5 heteroatoms. The molecule has 0 spiro atoms. The fraction of sp³-hybridized carbons (Fsp3) is 0.800. The molecule has 20 heavy (non-hydrogen) atoms. The van der Waals surface area contributed by atoms with E-state index in [0.29, 0.717) is 19.3 Å². The van der Waals surface area contributed by atoms with Crippen LogP contribution in [0.4, 0.5) is 0 Å². The molecule has 2 aliphatic carbocycles. The van der Waals surface area contributed by atoms with E-state index in [1.807, 2.05) is 20.8 Å². The van der Waals surface area contributed by atoms with Gasteiger partial charge in [-0.15, -0.1) is 0 Å². The van der Waals surface area contributed by atoms with E-state index in [1.165, 1.54) is 0 Å². The molecule has 2 bridgehead atoms. The van der Waals surface area contributed by atoms with Gasteiger partial charge in [0.05, 0.1) is 17.4 Å². The fourth-order valence-corrected chi connectivity index (χ4v) is 3.74. The van der Waals surface area contributed by atoms with Crippen LogP contribution in [0.3, 0.4) is 0 Å². The number of hydrogen-bond donors (Lipinski definition) is 0. The second kappa shape index (κ2) is 3.97. The second-order valence-corrected chi connectivity index (χ2v) is 6.87. The highest BCUT2D eigenvalue weighted by molar-refractivity contribution is 5.80. The molecule has 0 aromatic carbocycles. The summed E-state index contributed by atoms with van der Waals surface area (Å²) in [5, 5.41) is 9.48. The fourth-order valence-electron chi connectivity index (χ4n) is 3.74. The van der Waals surface area contributed by atoms with Crippen molar-refractivity contribution in [3.8, 4) is 6.07 Å². The number of nitrogens with zero attached hydrogens (tertiary/aromatic N) is 1. The van der Waals surface area contributed by atoms with Crippen molar-refractivity contribution in [2.24, 2.45) is 22.7 Å². The van der Waals surface area contributed by atoms with E-state index < -0.39 is 23.0 Å². The molecule has 0 amide bonds.